The Labute approximate surface area is 177 Å². The number of anilines is 1. The lowest BCUT2D eigenvalue weighted by atomic mass is 10.1. The fourth-order valence-corrected chi connectivity index (χ4v) is 4.62. The Balaban J connectivity index is 1.81. The Kier molecular flexibility index (Phi) is 4.97. The lowest BCUT2D eigenvalue weighted by Crippen LogP contribution is -2.17. The summed E-state index contributed by atoms with van der Waals surface area (Å²) >= 11 is 0. The molecule has 0 spiro atoms. The van der Waals surface area contributed by atoms with Gasteiger partial charge in [-0.25, -0.2) is 18.4 Å². The van der Waals surface area contributed by atoms with Gasteiger partial charge in [0.25, 0.3) is 15.6 Å². The average molecular weight is 441 g/mol. The molecule has 0 bridgehead atoms. The molecule has 4 aromatic rings. The molecule has 0 radical (unpaired) electrons. The van der Waals surface area contributed by atoms with Crippen molar-refractivity contribution in [2.45, 2.75) is 25.7 Å². The number of aromatic nitrogens is 4. The maximum absolute atomic E-state index is 12.9. The number of fused-ring (bicyclic) bond motifs is 1. The van der Waals surface area contributed by atoms with Crippen molar-refractivity contribution in [2.24, 2.45) is 0 Å². The lowest BCUT2D eigenvalue weighted by Gasteiger charge is -2.13. The van der Waals surface area contributed by atoms with E-state index in [9.17, 15) is 13.2 Å². The van der Waals surface area contributed by atoms with Gasteiger partial charge in [-0.15, -0.1) is 0 Å². The van der Waals surface area contributed by atoms with Crippen LogP contribution in [-0.2, 0) is 10.0 Å². The Morgan fingerprint density at radius 3 is 2.55 bits per heavy atom. The molecule has 0 saturated heterocycles. The Morgan fingerprint density at radius 1 is 1.10 bits per heavy atom. The molecule has 0 fully saturated rings. The molecule has 4 aromatic heterocycles. The summed E-state index contributed by atoms with van der Waals surface area (Å²) in [5, 5.41) is 3.70. The van der Waals surface area contributed by atoms with Crippen LogP contribution >= 0.6 is 0 Å². The molecule has 4 heterocycles. The summed E-state index contributed by atoms with van der Waals surface area (Å²) in [6.07, 6.45) is 4.68. The third-order valence-corrected chi connectivity index (χ3v) is 6.34. The number of methoxy groups -OCH3 is 1. The van der Waals surface area contributed by atoms with Gasteiger partial charge in [0.15, 0.2) is 10.7 Å². The van der Waals surface area contributed by atoms with E-state index < -0.39 is 10.0 Å². The fraction of sp³-hybridized carbons (Fsp3) is 0.200. The summed E-state index contributed by atoms with van der Waals surface area (Å²) in [6.45, 7) is 4.74. The first-order chi connectivity index (χ1) is 14.7. The fourth-order valence-electron chi connectivity index (χ4n) is 3.24. The number of hydrogen-bond acceptors (Lipinski definition) is 8. The molecule has 0 aromatic carbocycles. The van der Waals surface area contributed by atoms with Crippen molar-refractivity contribution in [1.29, 1.82) is 0 Å². The van der Waals surface area contributed by atoms with Gasteiger partial charge in [-0.3, -0.25) is 13.9 Å². The van der Waals surface area contributed by atoms with Crippen LogP contribution in [0, 0.1) is 20.8 Å². The van der Waals surface area contributed by atoms with Crippen LogP contribution in [-0.4, -0.2) is 35.1 Å². The molecular formula is C20H19N5O5S. The molecule has 11 heteroatoms. The topological polar surface area (TPSA) is 129 Å². The number of nitrogens with zero attached hydrogens (tertiary/aromatic N) is 4. The molecule has 0 aliphatic carbocycles. The van der Waals surface area contributed by atoms with E-state index in [-0.39, 0.29) is 33.5 Å². The first-order valence-electron chi connectivity index (χ1n) is 9.19. The second kappa shape index (κ2) is 7.51. The first-order valence-corrected chi connectivity index (χ1v) is 10.7. The Hall–Kier alpha value is -3.73. The Morgan fingerprint density at radius 2 is 1.87 bits per heavy atom. The first kappa shape index (κ1) is 20.5. The third kappa shape index (κ3) is 3.63. The van der Waals surface area contributed by atoms with Gasteiger partial charge < -0.3 is 9.26 Å². The average Bonchev–Trinajstić information content (AvgIpc) is 3.09. The van der Waals surface area contributed by atoms with E-state index in [2.05, 4.69) is 19.8 Å². The second-order valence-electron chi connectivity index (χ2n) is 6.93. The van der Waals surface area contributed by atoms with Gasteiger partial charge in [-0.05, 0) is 39.0 Å². The highest BCUT2D eigenvalue weighted by molar-refractivity contribution is 7.92. The van der Waals surface area contributed by atoms with Crippen molar-refractivity contribution in [2.75, 3.05) is 11.8 Å². The smallest absolute Gasteiger partial charge is 0.267 e. The maximum atomic E-state index is 12.9. The molecule has 10 nitrogen and oxygen atoms in total. The van der Waals surface area contributed by atoms with Gasteiger partial charge in [0.1, 0.15) is 17.0 Å². The van der Waals surface area contributed by atoms with Crippen LogP contribution in [0.15, 0.2) is 51.0 Å². The molecule has 31 heavy (non-hydrogen) atoms. The van der Waals surface area contributed by atoms with E-state index in [1.807, 2.05) is 0 Å². The Bertz CT molecular complexity index is 1450. The van der Waals surface area contributed by atoms with Gasteiger partial charge in [0, 0.05) is 35.3 Å². The molecular weight excluding hydrogens is 422 g/mol. The number of aryl methyl sites for hydroxylation is 3. The van der Waals surface area contributed by atoms with Crippen LogP contribution in [0.4, 0.5) is 5.69 Å². The summed E-state index contributed by atoms with van der Waals surface area (Å²) in [5.74, 6) is 0.263. The number of hydrogen-bond donors (Lipinski definition) is 1. The van der Waals surface area contributed by atoms with Crippen molar-refractivity contribution in [1.82, 2.24) is 19.5 Å². The monoisotopic (exact) mass is 441 g/mol. The van der Waals surface area contributed by atoms with Crippen LogP contribution in [0.2, 0.25) is 0 Å². The van der Waals surface area contributed by atoms with Crippen LogP contribution in [0.1, 0.15) is 17.0 Å². The number of nitrogens with one attached hydrogen (secondary N) is 1. The van der Waals surface area contributed by atoms with Crippen molar-refractivity contribution in [3.63, 3.8) is 0 Å². The predicted molar refractivity (Wildman–Crippen MR) is 113 cm³/mol. The number of rotatable bonds is 5. The summed E-state index contributed by atoms with van der Waals surface area (Å²) in [6, 6.07) is 5.05. The highest BCUT2D eigenvalue weighted by Crippen LogP contribution is 2.31. The van der Waals surface area contributed by atoms with Gasteiger partial charge in [-0.2, -0.15) is 0 Å². The van der Waals surface area contributed by atoms with Crippen LogP contribution in [0.3, 0.4) is 0 Å². The van der Waals surface area contributed by atoms with Crippen LogP contribution in [0.25, 0.3) is 16.8 Å². The zero-order valence-electron chi connectivity index (χ0n) is 17.2. The number of pyridine rings is 2. The highest BCUT2D eigenvalue weighted by Gasteiger charge is 2.26. The molecule has 0 aliphatic rings. The molecule has 0 amide bonds. The van der Waals surface area contributed by atoms with Crippen molar-refractivity contribution in [3.05, 3.63) is 64.2 Å². The summed E-state index contributed by atoms with van der Waals surface area (Å²) in [4.78, 5) is 20.8. The minimum absolute atomic E-state index is 0.0428. The molecule has 0 saturated carbocycles. The third-order valence-electron chi connectivity index (χ3n) is 4.73. The standard InChI is InChI=1S/C20H19N5O5S/c1-11-8-21-17-6-5-14(10-25(17)20(11)26)15-7-16(19(29-4)22-9-15)24-31(27,28)18-12(2)23-30-13(18)3/h5-10,24H,1-4H3. The minimum Gasteiger partial charge on any atom is -0.480 e. The molecule has 4 rings (SSSR count). The molecule has 0 unspecified atom stereocenters. The van der Waals surface area contributed by atoms with E-state index in [0.29, 0.717) is 22.3 Å². The van der Waals surface area contributed by atoms with Gasteiger partial charge >= 0.3 is 0 Å². The van der Waals surface area contributed by atoms with Crippen molar-refractivity contribution < 1.29 is 17.7 Å². The van der Waals surface area contributed by atoms with Gasteiger partial charge in [-0.1, -0.05) is 5.16 Å². The second-order valence-corrected chi connectivity index (χ2v) is 8.55. The molecule has 0 aliphatic heterocycles. The maximum Gasteiger partial charge on any atom is 0.267 e. The van der Waals surface area contributed by atoms with Gasteiger partial charge in [0.05, 0.1) is 7.11 Å². The molecule has 1 N–H and O–H groups in total. The molecule has 0 atom stereocenters. The van der Waals surface area contributed by atoms with Crippen LogP contribution < -0.4 is 15.0 Å². The normalized spacial score (nSPS) is 11.6. The van der Waals surface area contributed by atoms with Crippen molar-refractivity contribution >= 4 is 21.4 Å². The van der Waals surface area contributed by atoms with Gasteiger partial charge in [0.2, 0.25) is 5.88 Å². The molecule has 160 valence electrons. The van der Waals surface area contributed by atoms with Crippen LogP contribution in [0.5, 0.6) is 5.88 Å². The van der Waals surface area contributed by atoms with Crippen molar-refractivity contribution in [3.8, 4) is 17.0 Å². The lowest BCUT2D eigenvalue weighted by molar-refractivity contribution is 0.390. The summed E-state index contributed by atoms with van der Waals surface area (Å²) in [7, 11) is -2.61. The summed E-state index contributed by atoms with van der Waals surface area (Å²) < 4.78 is 40.0. The minimum atomic E-state index is -4.00. The van der Waals surface area contributed by atoms with E-state index in [1.54, 1.807) is 38.2 Å². The van der Waals surface area contributed by atoms with E-state index >= 15 is 0 Å². The van der Waals surface area contributed by atoms with E-state index in [4.69, 9.17) is 9.26 Å². The SMILES string of the molecule is COc1ncc(-c2ccc3ncc(C)c(=O)n3c2)cc1NS(=O)(=O)c1c(C)noc1C. The summed E-state index contributed by atoms with van der Waals surface area (Å²) in [5.41, 5.74) is 2.42. The van der Waals surface area contributed by atoms with E-state index in [1.165, 1.54) is 30.8 Å². The quantitative estimate of drug-likeness (QED) is 0.500. The predicted octanol–water partition coefficient (Wildman–Crippen LogP) is 2.48. The largest absolute Gasteiger partial charge is 0.480 e. The highest BCUT2D eigenvalue weighted by atomic mass is 32.2. The van der Waals surface area contributed by atoms with E-state index in [0.717, 1.165) is 0 Å². The zero-order valence-corrected chi connectivity index (χ0v) is 18.0. The number of ether oxygens (including phenoxy) is 1. The number of sulfonamides is 1. The zero-order chi connectivity index (χ0) is 22.3.